The fourth-order valence-electron chi connectivity index (χ4n) is 1.46. The SMILES string of the molecule is O=C([O-])c1cccc(C(=O)OCCC(O)O)c1S(=O)(=O)[O-].[K+].[K+]. The van der Waals surface area contributed by atoms with Crippen LogP contribution in [0.25, 0.3) is 0 Å². The Labute approximate surface area is 217 Å². The molecule has 0 heterocycles. The number of ether oxygens (including phenoxy) is 1. The number of rotatable bonds is 6. The number of aromatic carboxylic acids is 1. The molecule has 116 valence electrons. The monoisotopic (exact) mass is 396 g/mol. The number of aliphatic hydroxyl groups is 2. The van der Waals surface area contributed by atoms with E-state index in [-0.39, 0.29) is 109 Å². The number of carbonyl (C=O) groups excluding carboxylic acids is 2. The minimum atomic E-state index is -5.27. The summed E-state index contributed by atoms with van der Waals surface area (Å²) in [5.41, 5.74) is -1.72. The van der Waals surface area contributed by atoms with Gasteiger partial charge in [0, 0.05) is 12.0 Å². The average molecular weight is 396 g/mol. The van der Waals surface area contributed by atoms with Crippen LogP contribution < -0.4 is 108 Å². The van der Waals surface area contributed by atoms with Crippen molar-refractivity contribution in [2.75, 3.05) is 6.61 Å². The summed E-state index contributed by atoms with van der Waals surface area (Å²) >= 11 is 0. The molecular formula is C11H10K2O9S. The molecule has 0 aliphatic rings. The first-order valence-corrected chi connectivity index (χ1v) is 6.89. The van der Waals surface area contributed by atoms with E-state index in [1.165, 1.54) is 0 Å². The van der Waals surface area contributed by atoms with Gasteiger partial charge in [0.2, 0.25) is 0 Å². The summed E-state index contributed by atoms with van der Waals surface area (Å²) in [6.45, 7) is -0.468. The minimum Gasteiger partial charge on any atom is -0.744 e. The topological polar surface area (TPSA) is 164 Å². The van der Waals surface area contributed by atoms with Crippen molar-refractivity contribution in [3.05, 3.63) is 29.3 Å². The summed E-state index contributed by atoms with van der Waals surface area (Å²) in [6.07, 6.45) is -2.08. The van der Waals surface area contributed by atoms with Crippen molar-refractivity contribution < 1.29 is 145 Å². The predicted octanol–water partition coefficient (Wildman–Crippen LogP) is -8.18. The van der Waals surface area contributed by atoms with Gasteiger partial charge in [-0.05, 0) is 6.07 Å². The zero-order chi connectivity index (χ0) is 16.2. The fraction of sp³-hybridized carbons (Fsp3) is 0.273. The Balaban J connectivity index is 0. The van der Waals surface area contributed by atoms with Gasteiger partial charge < -0.3 is 29.4 Å². The molecule has 9 nitrogen and oxygen atoms in total. The van der Waals surface area contributed by atoms with Crippen LogP contribution in [0.5, 0.6) is 0 Å². The van der Waals surface area contributed by atoms with Gasteiger partial charge in [-0.2, -0.15) is 0 Å². The molecule has 0 spiro atoms. The Morgan fingerprint density at radius 2 is 1.70 bits per heavy atom. The average Bonchev–Trinajstić information content (AvgIpc) is 2.36. The molecule has 12 heteroatoms. The Morgan fingerprint density at radius 3 is 2.13 bits per heavy atom. The number of carboxylic acid groups (broad SMARTS) is 1. The van der Waals surface area contributed by atoms with Gasteiger partial charge in [0.05, 0.1) is 23.0 Å². The van der Waals surface area contributed by atoms with E-state index in [9.17, 15) is 27.7 Å². The third-order valence-electron chi connectivity index (χ3n) is 2.31. The van der Waals surface area contributed by atoms with Gasteiger partial charge >= 0.3 is 109 Å². The Morgan fingerprint density at radius 1 is 1.17 bits per heavy atom. The largest absolute Gasteiger partial charge is 1.00 e. The maximum Gasteiger partial charge on any atom is 1.00 e. The molecule has 1 aromatic rings. The van der Waals surface area contributed by atoms with E-state index < -0.39 is 51.0 Å². The second-order valence-electron chi connectivity index (χ2n) is 3.83. The van der Waals surface area contributed by atoms with E-state index in [1.54, 1.807) is 0 Å². The molecule has 0 unspecified atom stereocenters. The number of carboxylic acids is 1. The second kappa shape index (κ2) is 11.8. The number of hydrogen-bond donors (Lipinski definition) is 2. The third kappa shape index (κ3) is 8.46. The number of esters is 1. The number of carbonyl (C=O) groups is 2. The fourth-order valence-corrected chi connectivity index (χ4v) is 2.30. The van der Waals surface area contributed by atoms with Crippen LogP contribution in [0.15, 0.2) is 23.1 Å². The van der Waals surface area contributed by atoms with E-state index in [1.807, 2.05) is 0 Å². The van der Waals surface area contributed by atoms with Crippen LogP contribution in [-0.2, 0) is 14.9 Å². The van der Waals surface area contributed by atoms with Crippen LogP contribution in [0.1, 0.15) is 27.1 Å². The van der Waals surface area contributed by atoms with Crippen molar-refractivity contribution >= 4 is 22.1 Å². The van der Waals surface area contributed by atoms with Crippen LogP contribution in [0.2, 0.25) is 0 Å². The summed E-state index contributed by atoms with van der Waals surface area (Å²) in [5.74, 6) is -3.22. The van der Waals surface area contributed by atoms with Gasteiger partial charge in [-0.1, -0.05) is 12.1 Å². The maximum absolute atomic E-state index is 11.7. The Hall–Kier alpha value is 1.26. The second-order valence-corrected chi connectivity index (χ2v) is 5.15. The van der Waals surface area contributed by atoms with E-state index in [4.69, 9.17) is 10.2 Å². The van der Waals surface area contributed by atoms with Crippen molar-refractivity contribution in [3.63, 3.8) is 0 Å². The van der Waals surface area contributed by atoms with Crippen molar-refractivity contribution in [1.29, 1.82) is 0 Å². The van der Waals surface area contributed by atoms with Crippen LogP contribution in [0.4, 0.5) is 0 Å². The first-order chi connectivity index (χ1) is 9.64. The van der Waals surface area contributed by atoms with E-state index in [2.05, 4.69) is 4.74 Å². The van der Waals surface area contributed by atoms with Crippen LogP contribution in [-0.4, -0.2) is 48.0 Å². The predicted molar refractivity (Wildman–Crippen MR) is 61.9 cm³/mol. The van der Waals surface area contributed by atoms with Crippen LogP contribution >= 0.6 is 0 Å². The van der Waals surface area contributed by atoms with Gasteiger partial charge in [-0.25, -0.2) is 13.2 Å². The molecule has 0 radical (unpaired) electrons. The molecule has 0 saturated carbocycles. The summed E-state index contributed by atoms with van der Waals surface area (Å²) in [6, 6.07) is 2.74. The van der Waals surface area contributed by atoms with E-state index >= 15 is 0 Å². The van der Waals surface area contributed by atoms with Crippen molar-refractivity contribution in [2.24, 2.45) is 0 Å². The molecule has 0 bridgehead atoms. The molecule has 0 aliphatic carbocycles. The molecular weight excluding hydrogens is 386 g/mol. The number of benzene rings is 1. The molecule has 0 saturated heterocycles. The van der Waals surface area contributed by atoms with Crippen LogP contribution in [0, 0.1) is 0 Å². The van der Waals surface area contributed by atoms with E-state index in [0.717, 1.165) is 18.2 Å². The first kappa shape index (κ1) is 26.5. The molecule has 0 fully saturated rings. The standard InChI is InChI=1S/C11H12O9S.2K/c12-8(13)4-5-20-11(16)7-3-1-2-6(10(14)15)9(7)21(17,18)19;;/h1-3,8,12-13H,4-5H2,(H,14,15)(H,17,18,19);;/q;2*+1/p-2. The zero-order valence-electron chi connectivity index (χ0n) is 12.4. The molecule has 1 aromatic carbocycles. The zero-order valence-corrected chi connectivity index (χ0v) is 19.4. The van der Waals surface area contributed by atoms with Crippen LogP contribution in [0.3, 0.4) is 0 Å². The summed E-state index contributed by atoms with van der Waals surface area (Å²) in [4.78, 5) is 21.2. The van der Waals surface area contributed by atoms with Gasteiger partial charge in [0.1, 0.15) is 10.1 Å². The van der Waals surface area contributed by atoms with E-state index in [0.29, 0.717) is 0 Å². The molecule has 0 aromatic heterocycles. The third-order valence-corrected chi connectivity index (χ3v) is 3.25. The summed E-state index contributed by atoms with van der Waals surface area (Å²) in [7, 11) is -5.27. The maximum atomic E-state index is 11.7. The number of hydrogen-bond acceptors (Lipinski definition) is 9. The van der Waals surface area contributed by atoms with Gasteiger partial charge in [-0.3, -0.25) is 0 Å². The van der Waals surface area contributed by atoms with Gasteiger partial charge in [0.25, 0.3) is 0 Å². The van der Waals surface area contributed by atoms with Gasteiger partial charge in [-0.15, -0.1) is 0 Å². The molecule has 1 rings (SSSR count). The summed E-state index contributed by atoms with van der Waals surface area (Å²) in [5, 5.41) is 28.0. The molecule has 0 amide bonds. The molecule has 23 heavy (non-hydrogen) atoms. The molecule has 0 atom stereocenters. The summed E-state index contributed by atoms with van der Waals surface area (Å²) < 4.78 is 37.9. The minimum absolute atomic E-state index is 0. The molecule has 2 N–H and O–H groups in total. The van der Waals surface area contributed by atoms with Crippen molar-refractivity contribution in [2.45, 2.75) is 17.6 Å². The Kier molecular flexibility index (Phi) is 13.6. The molecule has 0 aliphatic heterocycles. The van der Waals surface area contributed by atoms with Gasteiger partial charge in [0.15, 0.2) is 6.29 Å². The Bertz CT molecular complexity index is 657. The normalized spacial score (nSPS) is 10.4. The number of aliphatic hydroxyl groups excluding tert-OH is 1. The van der Waals surface area contributed by atoms with Crippen molar-refractivity contribution in [1.82, 2.24) is 0 Å². The quantitative estimate of drug-likeness (QED) is 0.206. The first-order valence-electron chi connectivity index (χ1n) is 5.48. The van der Waals surface area contributed by atoms with Crippen molar-refractivity contribution in [3.8, 4) is 0 Å². The smallest absolute Gasteiger partial charge is 0.744 e.